The van der Waals surface area contributed by atoms with Crippen molar-refractivity contribution >= 4 is 34.2 Å². The van der Waals surface area contributed by atoms with Crippen LogP contribution in [0.25, 0.3) is 10.9 Å². The van der Waals surface area contributed by atoms with Crippen LogP contribution < -0.4 is 10.6 Å². The average molecular weight is 383 g/mol. The SMILES string of the molecule is CC(NC(=O)Nc1cc(Cl)c2cc[nH]c2c1)c1ccc(C(F)(F)F)cn1. The van der Waals surface area contributed by atoms with Gasteiger partial charge < -0.3 is 15.6 Å². The second-order valence-electron chi connectivity index (χ2n) is 5.69. The summed E-state index contributed by atoms with van der Waals surface area (Å²) in [4.78, 5) is 18.9. The maximum absolute atomic E-state index is 12.6. The van der Waals surface area contributed by atoms with Gasteiger partial charge in [0.05, 0.1) is 22.3 Å². The molecule has 2 heterocycles. The number of alkyl halides is 3. The van der Waals surface area contributed by atoms with Crippen molar-refractivity contribution < 1.29 is 18.0 Å². The first kappa shape index (κ1) is 18.1. The highest BCUT2D eigenvalue weighted by atomic mass is 35.5. The van der Waals surface area contributed by atoms with E-state index in [4.69, 9.17) is 11.6 Å². The zero-order valence-corrected chi connectivity index (χ0v) is 14.2. The Hall–Kier alpha value is -2.74. The number of carbonyl (C=O) groups is 1. The molecule has 3 N–H and O–H groups in total. The first-order chi connectivity index (χ1) is 12.2. The number of aromatic nitrogens is 2. The topological polar surface area (TPSA) is 69.8 Å². The molecule has 0 fully saturated rings. The Bertz CT molecular complexity index is 937. The van der Waals surface area contributed by atoms with Gasteiger partial charge in [0.15, 0.2) is 0 Å². The summed E-state index contributed by atoms with van der Waals surface area (Å²) < 4.78 is 37.7. The van der Waals surface area contributed by atoms with Crippen LogP contribution in [0.4, 0.5) is 23.7 Å². The lowest BCUT2D eigenvalue weighted by atomic mass is 10.2. The first-order valence-electron chi connectivity index (χ1n) is 7.61. The Kier molecular flexibility index (Phi) is 4.78. The summed E-state index contributed by atoms with van der Waals surface area (Å²) in [5.41, 5.74) is 0.720. The summed E-state index contributed by atoms with van der Waals surface area (Å²) >= 11 is 6.15. The Morgan fingerprint density at radius 2 is 2.04 bits per heavy atom. The fraction of sp³-hybridized carbons (Fsp3) is 0.176. The van der Waals surface area contributed by atoms with E-state index in [0.717, 1.165) is 23.2 Å². The lowest BCUT2D eigenvalue weighted by molar-refractivity contribution is -0.137. The van der Waals surface area contributed by atoms with Gasteiger partial charge >= 0.3 is 12.2 Å². The van der Waals surface area contributed by atoms with Gasteiger partial charge in [-0.05, 0) is 37.3 Å². The molecule has 1 unspecified atom stereocenters. The van der Waals surface area contributed by atoms with Gasteiger partial charge in [0.25, 0.3) is 0 Å². The normalized spacial score (nSPS) is 12.8. The molecule has 1 atom stereocenters. The molecule has 2 aromatic heterocycles. The minimum Gasteiger partial charge on any atom is -0.361 e. The lowest BCUT2D eigenvalue weighted by Crippen LogP contribution is -2.31. The molecule has 136 valence electrons. The molecule has 0 saturated heterocycles. The minimum absolute atomic E-state index is 0.311. The summed E-state index contributed by atoms with van der Waals surface area (Å²) in [7, 11) is 0. The largest absolute Gasteiger partial charge is 0.417 e. The number of benzene rings is 1. The number of H-pyrrole nitrogens is 1. The number of fused-ring (bicyclic) bond motifs is 1. The number of aromatic amines is 1. The van der Waals surface area contributed by atoms with Crippen molar-refractivity contribution in [1.29, 1.82) is 0 Å². The molecule has 0 bridgehead atoms. The number of carbonyl (C=O) groups excluding carboxylic acids is 1. The molecule has 0 aliphatic heterocycles. The number of hydrogen-bond donors (Lipinski definition) is 3. The fourth-order valence-electron chi connectivity index (χ4n) is 2.46. The summed E-state index contributed by atoms with van der Waals surface area (Å²) in [6.45, 7) is 1.62. The highest BCUT2D eigenvalue weighted by Crippen LogP contribution is 2.29. The van der Waals surface area contributed by atoms with E-state index in [0.29, 0.717) is 16.4 Å². The van der Waals surface area contributed by atoms with E-state index in [9.17, 15) is 18.0 Å². The summed E-state index contributed by atoms with van der Waals surface area (Å²) in [5, 5.41) is 6.57. The monoisotopic (exact) mass is 382 g/mol. The molecule has 5 nitrogen and oxygen atoms in total. The molecule has 0 saturated carbocycles. The smallest absolute Gasteiger partial charge is 0.361 e. The zero-order chi connectivity index (χ0) is 18.9. The van der Waals surface area contributed by atoms with Crippen molar-refractivity contribution in [1.82, 2.24) is 15.3 Å². The predicted molar refractivity (Wildman–Crippen MR) is 93.1 cm³/mol. The average Bonchev–Trinajstić information content (AvgIpc) is 3.03. The number of anilines is 1. The van der Waals surface area contributed by atoms with Gasteiger partial charge in [-0.1, -0.05) is 11.6 Å². The van der Waals surface area contributed by atoms with Gasteiger partial charge in [0, 0.05) is 29.0 Å². The molecule has 0 aliphatic rings. The minimum atomic E-state index is -4.45. The predicted octanol–water partition coefficient (Wildman–Crippen LogP) is 5.12. The van der Waals surface area contributed by atoms with Crippen LogP contribution in [-0.2, 0) is 6.18 Å². The molecular formula is C17H14ClF3N4O. The number of halogens is 4. The van der Waals surface area contributed by atoms with Crippen molar-refractivity contribution in [2.24, 2.45) is 0 Å². The third kappa shape index (κ3) is 3.91. The zero-order valence-electron chi connectivity index (χ0n) is 13.5. The Balaban J connectivity index is 1.66. The number of nitrogens with one attached hydrogen (secondary N) is 3. The van der Waals surface area contributed by atoms with E-state index in [1.165, 1.54) is 6.07 Å². The quantitative estimate of drug-likeness (QED) is 0.588. The third-order valence-corrected chi connectivity index (χ3v) is 4.09. The second-order valence-corrected chi connectivity index (χ2v) is 6.09. The van der Waals surface area contributed by atoms with Crippen molar-refractivity contribution in [2.45, 2.75) is 19.1 Å². The third-order valence-electron chi connectivity index (χ3n) is 3.78. The van der Waals surface area contributed by atoms with E-state index < -0.39 is 23.8 Å². The van der Waals surface area contributed by atoms with E-state index in [1.54, 1.807) is 25.3 Å². The molecule has 3 rings (SSSR count). The second kappa shape index (κ2) is 6.87. The lowest BCUT2D eigenvalue weighted by Gasteiger charge is -2.15. The Morgan fingerprint density at radius 3 is 2.69 bits per heavy atom. The standard InChI is InChI=1S/C17H14ClF3N4O/c1-9(14-3-2-10(8-23-14)17(19,20)21)24-16(26)25-11-6-13(18)12-4-5-22-15(12)7-11/h2-9,22H,1H3,(H2,24,25,26). The van der Waals surface area contributed by atoms with Crippen molar-refractivity contribution in [2.75, 3.05) is 5.32 Å². The van der Waals surface area contributed by atoms with Crippen molar-refractivity contribution in [3.05, 3.63) is 59.0 Å². The van der Waals surface area contributed by atoms with Crippen molar-refractivity contribution in [3.63, 3.8) is 0 Å². The number of urea groups is 1. The number of pyridine rings is 1. The van der Waals surface area contributed by atoms with E-state index in [1.807, 2.05) is 6.07 Å². The fourth-order valence-corrected chi connectivity index (χ4v) is 2.74. The highest BCUT2D eigenvalue weighted by Gasteiger charge is 2.30. The van der Waals surface area contributed by atoms with Gasteiger partial charge in [0.2, 0.25) is 0 Å². The van der Waals surface area contributed by atoms with Crippen molar-refractivity contribution in [3.8, 4) is 0 Å². The van der Waals surface area contributed by atoms with E-state index in [2.05, 4.69) is 20.6 Å². The van der Waals surface area contributed by atoms with Gasteiger partial charge in [0.1, 0.15) is 0 Å². The molecule has 26 heavy (non-hydrogen) atoms. The summed E-state index contributed by atoms with van der Waals surface area (Å²) in [5.74, 6) is 0. The number of rotatable bonds is 3. The van der Waals surface area contributed by atoms with Gasteiger partial charge in [-0.2, -0.15) is 13.2 Å². The number of amides is 2. The van der Waals surface area contributed by atoms with Crippen LogP contribution in [0.1, 0.15) is 24.2 Å². The highest BCUT2D eigenvalue weighted by molar-refractivity contribution is 6.35. The van der Waals surface area contributed by atoms with Crippen LogP contribution >= 0.6 is 11.6 Å². The van der Waals surface area contributed by atoms with E-state index in [-0.39, 0.29) is 0 Å². The molecule has 0 radical (unpaired) electrons. The summed E-state index contributed by atoms with van der Waals surface area (Å²) in [6.07, 6.45) is -1.97. The van der Waals surface area contributed by atoms with Crippen LogP contribution in [0, 0.1) is 0 Å². The van der Waals surface area contributed by atoms with Crippen LogP contribution in [0.2, 0.25) is 5.02 Å². The molecule has 3 aromatic rings. The van der Waals surface area contributed by atoms with Crippen LogP contribution in [-0.4, -0.2) is 16.0 Å². The molecule has 2 amide bonds. The van der Waals surface area contributed by atoms with Gasteiger partial charge in [-0.15, -0.1) is 0 Å². The molecular weight excluding hydrogens is 369 g/mol. The number of hydrogen-bond acceptors (Lipinski definition) is 2. The van der Waals surface area contributed by atoms with Gasteiger partial charge in [-0.25, -0.2) is 4.79 Å². The number of nitrogens with zero attached hydrogens (tertiary/aromatic N) is 1. The molecule has 9 heteroatoms. The van der Waals surface area contributed by atoms with Crippen LogP contribution in [0.3, 0.4) is 0 Å². The molecule has 1 aromatic carbocycles. The van der Waals surface area contributed by atoms with Gasteiger partial charge in [-0.3, -0.25) is 4.98 Å². The molecule has 0 spiro atoms. The Labute approximate surface area is 151 Å². The van der Waals surface area contributed by atoms with Crippen LogP contribution in [0.5, 0.6) is 0 Å². The Morgan fingerprint density at radius 1 is 1.27 bits per heavy atom. The maximum Gasteiger partial charge on any atom is 0.417 e. The maximum atomic E-state index is 12.6. The van der Waals surface area contributed by atoms with E-state index >= 15 is 0 Å². The molecule has 0 aliphatic carbocycles. The summed E-state index contributed by atoms with van der Waals surface area (Å²) in [6, 6.07) is 6.20. The van der Waals surface area contributed by atoms with Crippen LogP contribution in [0.15, 0.2) is 42.7 Å². The first-order valence-corrected chi connectivity index (χ1v) is 7.99.